The van der Waals surface area contributed by atoms with E-state index in [2.05, 4.69) is 47.3 Å². The summed E-state index contributed by atoms with van der Waals surface area (Å²) in [5, 5.41) is 5.36. The van der Waals surface area contributed by atoms with Crippen molar-refractivity contribution >= 4 is 28.2 Å². The van der Waals surface area contributed by atoms with Gasteiger partial charge in [-0.1, -0.05) is 0 Å². The van der Waals surface area contributed by atoms with Crippen molar-refractivity contribution in [3.05, 3.63) is 53.8 Å². The van der Waals surface area contributed by atoms with Crippen molar-refractivity contribution in [2.75, 3.05) is 31.6 Å². The van der Waals surface area contributed by atoms with E-state index in [1.54, 1.807) is 12.1 Å². The number of hydrogen-bond acceptors (Lipinski definition) is 5. The largest absolute Gasteiger partial charge is 0.494 e. The van der Waals surface area contributed by atoms with Crippen LogP contribution in [0.3, 0.4) is 0 Å². The summed E-state index contributed by atoms with van der Waals surface area (Å²) in [6, 6.07) is 13.4. The Morgan fingerprint density at radius 1 is 1.13 bits per heavy atom. The predicted molar refractivity (Wildman–Crippen MR) is 129 cm³/mol. The molecule has 2 aliphatic heterocycles. The Labute approximate surface area is 189 Å². The van der Waals surface area contributed by atoms with Gasteiger partial charge in [0.2, 0.25) is 0 Å². The Morgan fingerprint density at radius 2 is 1.90 bits per heavy atom. The summed E-state index contributed by atoms with van der Waals surface area (Å²) in [6.07, 6.45) is 4.48. The van der Waals surface area contributed by atoms with Gasteiger partial charge in [-0.3, -0.25) is 0 Å². The van der Waals surface area contributed by atoms with E-state index in [0.29, 0.717) is 17.9 Å². The van der Waals surface area contributed by atoms with Gasteiger partial charge < -0.3 is 15.0 Å². The van der Waals surface area contributed by atoms with Crippen LogP contribution in [0.4, 0.5) is 15.8 Å². The molecule has 0 spiro atoms. The first-order valence-electron chi connectivity index (χ1n) is 11.3. The van der Waals surface area contributed by atoms with Gasteiger partial charge in [0.25, 0.3) is 0 Å². The summed E-state index contributed by atoms with van der Waals surface area (Å²) in [6.45, 7) is 8.41. The first-order valence-corrected chi connectivity index (χ1v) is 12.2. The Hall–Kier alpha value is -2.05. The number of likely N-dealkylation sites (tertiary alicyclic amines) is 1. The first-order chi connectivity index (χ1) is 15.1. The minimum absolute atomic E-state index is 0.227. The molecule has 31 heavy (non-hydrogen) atoms. The molecular weight excluding hydrogens is 409 g/mol. The van der Waals surface area contributed by atoms with E-state index in [4.69, 9.17) is 4.74 Å². The van der Waals surface area contributed by atoms with E-state index in [0.717, 1.165) is 49.0 Å². The number of halogens is 1. The SMILES string of the molecule is CC1=Nc2ccc(NC3CCN(CCCCOc4ccc(F)cc4)CC3)cc2C(C)S1. The Balaban J connectivity index is 1.15. The number of fused-ring (bicyclic) bond motifs is 1. The Kier molecular flexibility index (Phi) is 7.51. The number of rotatable bonds is 8. The minimum Gasteiger partial charge on any atom is -0.494 e. The van der Waals surface area contributed by atoms with Crippen LogP contribution in [0.5, 0.6) is 5.75 Å². The fraction of sp³-hybridized carbons (Fsp3) is 0.480. The molecular formula is C25H32FN3OS. The van der Waals surface area contributed by atoms with Gasteiger partial charge in [0.05, 0.1) is 17.3 Å². The van der Waals surface area contributed by atoms with Gasteiger partial charge in [-0.15, -0.1) is 11.8 Å². The van der Waals surface area contributed by atoms with Crippen LogP contribution >= 0.6 is 11.8 Å². The number of thioether (sulfide) groups is 1. The zero-order valence-corrected chi connectivity index (χ0v) is 19.3. The van der Waals surface area contributed by atoms with Gasteiger partial charge in [-0.2, -0.15) is 0 Å². The standard InChI is InChI=1S/C25H32FN3OS/c1-18-24-17-22(7-10-25(24)27-19(2)31-18)28-21-11-14-29(15-12-21)13-3-4-16-30-23-8-5-20(26)6-9-23/h5-10,17-18,21,28H,3-4,11-16H2,1-2H3. The molecule has 1 atom stereocenters. The minimum atomic E-state index is -0.227. The average Bonchev–Trinajstić information content (AvgIpc) is 2.76. The van der Waals surface area contributed by atoms with E-state index in [9.17, 15) is 4.39 Å². The molecule has 2 aliphatic rings. The summed E-state index contributed by atoms with van der Waals surface area (Å²) in [7, 11) is 0. The van der Waals surface area contributed by atoms with Gasteiger partial charge in [0, 0.05) is 30.1 Å². The summed E-state index contributed by atoms with van der Waals surface area (Å²) < 4.78 is 18.6. The molecule has 6 heteroatoms. The monoisotopic (exact) mass is 441 g/mol. The number of ether oxygens (including phenoxy) is 1. The number of nitrogens with zero attached hydrogens (tertiary/aromatic N) is 2. The van der Waals surface area contributed by atoms with Gasteiger partial charge in [-0.05, 0) is 94.1 Å². The van der Waals surface area contributed by atoms with Crippen LogP contribution in [0.25, 0.3) is 0 Å². The lowest BCUT2D eigenvalue weighted by molar-refractivity contribution is 0.208. The number of benzene rings is 2. The van der Waals surface area contributed by atoms with Crippen molar-refractivity contribution in [1.29, 1.82) is 0 Å². The summed E-state index contributed by atoms with van der Waals surface area (Å²) >= 11 is 1.84. The van der Waals surface area contributed by atoms with Crippen molar-refractivity contribution in [1.82, 2.24) is 4.90 Å². The second kappa shape index (κ2) is 10.5. The molecule has 2 aromatic rings. The number of anilines is 1. The summed E-state index contributed by atoms with van der Waals surface area (Å²) in [5.74, 6) is 0.514. The molecule has 0 amide bonds. The second-order valence-corrected chi connectivity index (χ2v) is 9.97. The maximum atomic E-state index is 12.9. The number of unbranched alkanes of at least 4 members (excludes halogenated alkanes) is 1. The molecule has 0 saturated carbocycles. The normalized spacial score (nSPS) is 19.6. The number of piperidine rings is 1. The topological polar surface area (TPSA) is 36.9 Å². The molecule has 0 bridgehead atoms. The van der Waals surface area contributed by atoms with Gasteiger partial charge in [-0.25, -0.2) is 9.38 Å². The highest BCUT2D eigenvalue weighted by Gasteiger charge is 2.21. The van der Waals surface area contributed by atoms with E-state index in [1.807, 2.05) is 11.8 Å². The van der Waals surface area contributed by atoms with Crippen LogP contribution < -0.4 is 10.1 Å². The maximum Gasteiger partial charge on any atom is 0.123 e. The molecule has 4 rings (SSSR count). The molecule has 1 saturated heterocycles. The first kappa shape index (κ1) is 22.2. The zero-order valence-electron chi connectivity index (χ0n) is 18.4. The van der Waals surface area contributed by atoms with Gasteiger partial charge in [0.1, 0.15) is 11.6 Å². The van der Waals surface area contributed by atoms with Gasteiger partial charge >= 0.3 is 0 Å². The number of hydrogen-bond donors (Lipinski definition) is 1. The summed E-state index contributed by atoms with van der Waals surface area (Å²) in [5.41, 5.74) is 3.67. The van der Waals surface area contributed by atoms with Crippen LogP contribution in [0.15, 0.2) is 47.5 Å². The molecule has 4 nitrogen and oxygen atoms in total. The third-order valence-corrected chi connectivity index (χ3v) is 7.04. The fourth-order valence-corrected chi connectivity index (χ4v) is 5.26. The lowest BCUT2D eigenvalue weighted by Gasteiger charge is -2.33. The second-order valence-electron chi connectivity index (χ2n) is 8.43. The highest BCUT2D eigenvalue weighted by molar-refractivity contribution is 8.14. The maximum absolute atomic E-state index is 12.9. The van der Waals surface area contributed by atoms with E-state index < -0.39 is 0 Å². The molecule has 0 aromatic heterocycles. The predicted octanol–water partition coefficient (Wildman–Crippen LogP) is 6.42. The van der Waals surface area contributed by atoms with Crippen LogP contribution in [0.1, 0.15) is 50.3 Å². The third kappa shape index (κ3) is 6.23. The highest BCUT2D eigenvalue weighted by Crippen LogP contribution is 2.41. The Morgan fingerprint density at radius 3 is 2.68 bits per heavy atom. The zero-order chi connectivity index (χ0) is 21.6. The summed E-state index contributed by atoms with van der Waals surface area (Å²) in [4.78, 5) is 7.23. The average molecular weight is 442 g/mol. The lowest BCUT2D eigenvalue weighted by Crippen LogP contribution is -2.39. The van der Waals surface area contributed by atoms with Crippen molar-refractivity contribution in [3.8, 4) is 5.75 Å². The van der Waals surface area contributed by atoms with E-state index in [1.165, 1.54) is 36.2 Å². The van der Waals surface area contributed by atoms with Crippen molar-refractivity contribution in [3.63, 3.8) is 0 Å². The van der Waals surface area contributed by atoms with Crippen LogP contribution in [-0.4, -0.2) is 42.2 Å². The highest BCUT2D eigenvalue weighted by atomic mass is 32.2. The molecule has 1 fully saturated rings. The van der Waals surface area contributed by atoms with Crippen LogP contribution in [0, 0.1) is 5.82 Å². The quantitative estimate of drug-likeness (QED) is 0.480. The van der Waals surface area contributed by atoms with Crippen molar-refractivity contribution in [2.24, 2.45) is 4.99 Å². The molecule has 166 valence electrons. The van der Waals surface area contributed by atoms with Gasteiger partial charge in [0.15, 0.2) is 0 Å². The van der Waals surface area contributed by atoms with Crippen molar-refractivity contribution in [2.45, 2.75) is 50.8 Å². The molecule has 2 heterocycles. The molecule has 1 unspecified atom stereocenters. The molecule has 2 aromatic carbocycles. The fourth-order valence-electron chi connectivity index (χ4n) is 4.28. The smallest absolute Gasteiger partial charge is 0.123 e. The van der Waals surface area contributed by atoms with E-state index >= 15 is 0 Å². The Bertz CT molecular complexity index is 894. The lowest BCUT2D eigenvalue weighted by atomic mass is 10.0. The van der Waals surface area contributed by atoms with Crippen molar-refractivity contribution < 1.29 is 9.13 Å². The number of aliphatic imine (C=N–C) groups is 1. The van der Waals surface area contributed by atoms with Crippen LogP contribution in [0.2, 0.25) is 0 Å². The molecule has 0 aliphatic carbocycles. The third-order valence-electron chi connectivity index (χ3n) is 6.00. The molecule has 0 radical (unpaired) electrons. The van der Waals surface area contributed by atoms with E-state index in [-0.39, 0.29) is 5.82 Å². The number of nitrogens with one attached hydrogen (secondary N) is 1. The molecule has 1 N–H and O–H groups in total. The van der Waals surface area contributed by atoms with Crippen LogP contribution in [-0.2, 0) is 0 Å².